The molecule has 0 spiro atoms. The van der Waals surface area contributed by atoms with Crippen LogP contribution in [0.5, 0.6) is 5.75 Å². The summed E-state index contributed by atoms with van der Waals surface area (Å²) in [6, 6.07) is 6.09. The number of hydrogen-bond donors (Lipinski definition) is 1. The maximum absolute atomic E-state index is 12.9. The number of alkyl halides is 2. The average Bonchev–Trinajstić information content (AvgIpc) is 2.87. The van der Waals surface area contributed by atoms with E-state index < -0.39 is 48.6 Å². The molecule has 13 heteroatoms. The number of ether oxygens (including phenoxy) is 6. The lowest BCUT2D eigenvalue weighted by Crippen LogP contribution is -2.66. The van der Waals surface area contributed by atoms with E-state index >= 15 is 0 Å². The van der Waals surface area contributed by atoms with Crippen LogP contribution in [0.1, 0.15) is 39.2 Å². The van der Waals surface area contributed by atoms with Crippen LogP contribution in [0.3, 0.4) is 0 Å². The summed E-state index contributed by atoms with van der Waals surface area (Å²) in [6.07, 6.45) is -3.87. The molecule has 0 aromatic heterocycles. The molecule has 1 heterocycles. The molecule has 0 radical (unpaired) electrons. The minimum absolute atomic E-state index is 0.0689. The monoisotopic (exact) mass is 665 g/mol. The molecular weight excluding hydrogens is 634 g/mol. The van der Waals surface area contributed by atoms with Gasteiger partial charge in [0.1, 0.15) is 24.5 Å². The quantitative estimate of drug-likeness (QED) is 0.190. The van der Waals surface area contributed by atoms with Crippen LogP contribution in [0.4, 0.5) is 0 Å². The van der Waals surface area contributed by atoms with E-state index in [1.54, 1.807) is 31.4 Å². The van der Waals surface area contributed by atoms with Gasteiger partial charge in [0.2, 0.25) is 5.91 Å². The molecule has 0 saturated carbocycles. The third kappa shape index (κ3) is 10.5. The number of carbonyl (C=O) groups is 4. The van der Waals surface area contributed by atoms with Crippen molar-refractivity contribution < 1.29 is 47.6 Å². The van der Waals surface area contributed by atoms with E-state index in [1.165, 1.54) is 20.8 Å². The van der Waals surface area contributed by atoms with E-state index in [4.69, 9.17) is 28.4 Å². The Labute approximate surface area is 238 Å². The highest BCUT2D eigenvalue weighted by atomic mass is 79.9. The van der Waals surface area contributed by atoms with Gasteiger partial charge in [-0.05, 0) is 24.1 Å². The summed E-state index contributed by atoms with van der Waals surface area (Å²) in [5.74, 6) is -1.61. The second kappa shape index (κ2) is 16.0. The molecular formula is C25H33Br2NO10. The van der Waals surface area contributed by atoms with Gasteiger partial charge in [-0.15, -0.1) is 0 Å². The number of methoxy groups -OCH3 is 1. The van der Waals surface area contributed by atoms with E-state index in [0.29, 0.717) is 17.5 Å². The minimum Gasteiger partial charge on any atom is -0.497 e. The van der Waals surface area contributed by atoms with Crippen LogP contribution in [0.2, 0.25) is 0 Å². The van der Waals surface area contributed by atoms with Gasteiger partial charge >= 0.3 is 17.9 Å². The molecule has 212 valence electrons. The average molecular weight is 667 g/mol. The molecule has 2 rings (SSSR count). The molecule has 1 saturated heterocycles. The van der Waals surface area contributed by atoms with E-state index in [1.807, 2.05) is 0 Å². The third-order valence-electron chi connectivity index (χ3n) is 5.45. The van der Waals surface area contributed by atoms with E-state index in [-0.39, 0.29) is 30.4 Å². The van der Waals surface area contributed by atoms with Gasteiger partial charge in [0.15, 0.2) is 18.5 Å². The topological polar surface area (TPSA) is 136 Å². The Bertz CT molecular complexity index is 945. The second-order valence-electron chi connectivity index (χ2n) is 8.54. The first-order valence-corrected chi connectivity index (χ1v) is 13.9. The number of hydrogen-bond acceptors (Lipinski definition) is 10. The molecule has 6 atom stereocenters. The Morgan fingerprint density at radius 1 is 1.00 bits per heavy atom. The molecule has 38 heavy (non-hydrogen) atoms. The van der Waals surface area contributed by atoms with Gasteiger partial charge in [0, 0.05) is 37.3 Å². The lowest BCUT2D eigenvalue weighted by Gasteiger charge is -2.45. The number of amides is 1. The molecule has 0 bridgehead atoms. The van der Waals surface area contributed by atoms with Crippen molar-refractivity contribution in [2.75, 3.05) is 19.0 Å². The maximum Gasteiger partial charge on any atom is 0.303 e. The number of nitrogens with one attached hydrogen (secondary N) is 1. The number of halogens is 2. The van der Waals surface area contributed by atoms with Crippen LogP contribution >= 0.6 is 31.9 Å². The van der Waals surface area contributed by atoms with Crippen molar-refractivity contribution >= 4 is 55.7 Å². The Morgan fingerprint density at radius 2 is 1.63 bits per heavy atom. The van der Waals surface area contributed by atoms with Crippen LogP contribution in [0, 0.1) is 0 Å². The van der Waals surface area contributed by atoms with Gasteiger partial charge in [0.05, 0.1) is 13.7 Å². The summed E-state index contributed by atoms with van der Waals surface area (Å²) in [6.45, 7) is 3.37. The van der Waals surface area contributed by atoms with Gasteiger partial charge < -0.3 is 33.7 Å². The van der Waals surface area contributed by atoms with Crippen LogP contribution in [-0.2, 0) is 49.5 Å². The van der Waals surface area contributed by atoms with Crippen molar-refractivity contribution in [1.82, 2.24) is 5.32 Å². The molecule has 1 aromatic carbocycles. The summed E-state index contributed by atoms with van der Waals surface area (Å²) in [5, 5.41) is 3.48. The van der Waals surface area contributed by atoms with E-state index in [0.717, 1.165) is 5.56 Å². The first kappa shape index (κ1) is 32.0. The van der Waals surface area contributed by atoms with Gasteiger partial charge in [0.25, 0.3) is 0 Å². The zero-order valence-corrected chi connectivity index (χ0v) is 24.8. The highest BCUT2D eigenvalue weighted by Gasteiger charge is 2.51. The number of esters is 3. The number of rotatable bonds is 13. The van der Waals surface area contributed by atoms with Crippen LogP contribution in [0.25, 0.3) is 0 Å². The molecule has 1 fully saturated rings. The van der Waals surface area contributed by atoms with Crippen molar-refractivity contribution in [1.29, 1.82) is 0 Å². The molecule has 1 N–H and O–H groups in total. The van der Waals surface area contributed by atoms with Crippen LogP contribution in [-0.4, -0.2) is 78.3 Å². The normalized spacial score (nSPS) is 23.6. The zero-order chi connectivity index (χ0) is 28.2. The fourth-order valence-corrected chi connectivity index (χ4v) is 4.27. The Hall–Kier alpha value is -2.22. The van der Waals surface area contributed by atoms with E-state index in [2.05, 4.69) is 37.2 Å². The summed E-state index contributed by atoms with van der Waals surface area (Å²) >= 11 is 6.82. The highest BCUT2D eigenvalue weighted by Crippen LogP contribution is 2.29. The molecule has 11 nitrogen and oxygen atoms in total. The molecule has 1 aliphatic rings. The summed E-state index contributed by atoms with van der Waals surface area (Å²) < 4.78 is 33.4. The van der Waals surface area contributed by atoms with Gasteiger partial charge in [-0.2, -0.15) is 0 Å². The first-order chi connectivity index (χ1) is 18.0. The Balaban J connectivity index is 2.37. The van der Waals surface area contributed by atoms with E-state index in [9.17, 15) is 19.2 Å². The third-order valence-corrected chi connectivity index (χ3v) is 7.89. The lowest BCUT2D eigenvalue weighted by atomic mass is 9.95. The summed E-state index contributed by atoms with van der Waals surface area (Å²) in [5.41, 5.74) is 0.779. The Morgan fingerprint density at radius 3 is 2.18 bits per heavy atom. The Kier molecular flexibility index (Phi) is 13.5. The summed E-state index contributed by atoms with van der Waals surface area (Å²) in [4.78, 5) is 48.5. The minimum atomic E-state index is -1.19. The van der Waals surface area contributed by atoms with Crippen LogP contribution < -0.4 is 10.1 Å². The van der Waals surface area contributed by atoms with Crippen molar-refractivity contribution in [2.24, 2.45) is 0 Å². The van der Waals surface area contributed by atoms with Crippen molar-refractivity contribution in [2.45, 2.75) is 75.7 Å². The molecule has 1 amide bonds. The molecule has 1 unspecified atom stereocenters. The van der Waals surface area contributed by atoms with Crippen LogP contribution in [0.15, 0.2) is 24.3 Å². The maximum atomic E-state index is 12.9. The highest BCUT2D eigenvalue weighted by molar-refractivity contribution is 9.12. The fraction of sp³-hybridized carbons (Fsp3) is 0.600. The fourth-order valence-electron chi connectivity index (χ4n) is 3.72. The van der Waals surface area contributed by atoms with Gasteiger partial charge in [-0.25, -0.2) is 0 Å². The number of benzene rings is 1. The van der Waals surface area contributed by atoms with Crippen molar-refractivity contribution in [3.8, 4) is 5.75 Å². The second-order valence-corrected chi connectivity index (χ2v) is 10.5. The first-order valence-electron chi connectivity index (χ1n) is 11.9. The predicted octanol–water partition coefficient (Wildman–Crippen LogP) is 2.79. The van der Waals surface area contributed by atoms with Crippen molar-refractivity contribution in [3.05, 3.63) is 29.8 Å². The standard InChI is InChI=1S/C25H33Br2NO10/c1-14(29)34-13-20-23(36-15(2)30)24(37-16(3)31)22(28-21(32)10-7-18(27)11-26)25(38-20)35-12-17-5-8-19(33-4)9-6-17/h5-6,8-9,18,20,22-25H,7,10-13H2,1-4H3,(H,28,32)/t18?,20-,22-,23-,24-,25-/m1/s1. The SMILES string of the molecule is COc1ccc(CO[C@@H]2O[C@H](COC(C)=O)[C@@H](OC(C)=O)[C@H](OC(C)=O)[C@H]2NC(=O)CCC(Br)CBr)cc1. The van der Waals surface area contributed by atoms with Gasteiger partial charge in [-0.1, -0.05) is 44.0 Å². The lowest BCUT2D eigenvalue weighted by molar-refractivity contribution is -0.280. The zero-order valence-electron chi connectivity index (χ0n) is 21.6. The predicted molar refractivity (Wildman–Crippen MR) is 142 cm³/mol. The van der Waals surface area contributed by atoms with Crippen molar-refractivity contribution in [3.63, 3.8) is 0 Å². The largest absolute Gasteiger partial charge is 0.497 e. The molecule has 0 aliphatic carbocycles. The van der Waals surface area contributed by atoms with Gasteiger partial charge in [-0.3, -0.25) is 19.2 Å². The number of carbonyl (C=O) groups excluding carboxylic acids is 4. The smallest absolute Gasteiger partial charge is 0.303 e. The molecule has 1 aromatic rings. The summed E-state index contributed by atoms with van der Waals surface area (Å²) in [7, 11) is 1.56. The molecule has 1 aliphatic heterocycles.